The Morgan fingerprint density at radius 3 is 1.92 bits per heavy atom. The molecule has 0 aromatic carbocycles. The first-order chi connectivity index (χ1) is 5.54. The summed E-state index contributed by atoms with van der Waals surface area (Å²) in [5, 5.41) is 0. The highest BCUT2D eigenvalue weighted by Gasteiger charge is 2.32. The second-order valence-corrected chi connectivity index (χ2v) is 4.75. The van der Waals surface area contributed by atoms with Gasteiger partial charge in [0.1, 0.15) is 0 Å². The average Bonchev–Trinajstić information content (AvgIpc) is 1.85. The Hall–Kier alpha value is 0.155. The fraction of sp³-hybridized carbons (Fsp3) is 0.750. The Labute approximate surface area is 77.2 Å². The molecule has 0 aliphatic carbocycles. The van der Waals surface area contributed by atoms with E-state index in [4.69, 9.17) is 16.6 Å². The summed E-state index contributed by atoms with van der Waals surface area (Å²) < 4.78 is 10.7. The zero-order valence-electron chi connectivity index (χ0n) is 8.33. The van der Waals surface area contributed by atoms with Crippen molar-refractivity contribution in [3.63, 3.8) is 0 Å². The summed E-state index contributed by atoms with van der Waals surface area (Å²) >= 11 is 0. The average molecular weight is 187 g/mol. The molecular weight excluding hydrogens is 170 g/mol. The first-order valence-corrected chi connectivity index (χ1v) is 5.92. The van der Waals surface area contributed by atoms with E-state index in [1.165, 1.54) is 0 Å². The molecule has 0 unspecified atom stereocenters. The molecule has 0 fully saturated rings. The van der Waals surface area contributed by atoms with Gasteiger partial charge in [-0.05, 0) is 33.3 Å². The van der Waals surface area contributed by atoms with Gasteiger partial charge in [0, 0.05) is 0 Å². The van der Waals surface area contributed by atoms with Crippen LogP contribution in [0.4, 0.5) is 0 Å². The summed E-state index contributed by atoms with van der Waals surface area (Å²) in [5.41, 5.74) is 1.13. The molecule has 2 nitrogen and oxygen atoms in total. The van der Waals surface area contributed by atoms with Crippen LogP contribution in [0.15, 0.2) is 11.4 Å². The minimum Gasteiger partial charge on any atom is -0.222 e. The molecule has 0 aliphatic heterocycles. The number of rotatable bonds is 5. The molecule has 0 rings (SSSR count). The molecule has 0 aromatic heterocycles. The first kappa shape index (κ1) is 12.2. The van der Waals surface area contributed by atoms with Gasteiger partial charge in [0.2, 0.25) is 7.59 Å². The molecule has 0 saturated heterocycles. The minimum absolute atomic E-state index is 0.591. The van der Waals surface area contributed by atoms with Gasteiger partial charge in [-0.3, -0.25) is 0 Å². The van der Waals surface area contributed by atoms with Crippen molar-refractivity contribution >= 4 is 15.2 Å². The van der Waals surface area contributed by atoms with E-state index in [1.807, 2.05) is 33.5 Å². The summed E-state index contributed by atoms with van der Waals surface area (Å²) in [5.74, 6) is 1.89. The molecule has 0 spiro atoms. The second-order valence-electron chi connectivity index (χ2n) is 2.69. The summed E-state index contributed by atoms with van der Waals surface area (Å²) in [4.78, 5) is 0. The summed E-state index contributed by atoms with van der Waals surface area (Å²) in [6.45, 7) is 8.99. The SMILES string of the molecule is [B][P+](C=C(C)C)(OCC)OCC. The Kier molecular flexibility index (Phi) is 5.82. The van der Waals surface area contributed by atoms with E-state index in [9.17, 15) is 0 Å². The van der Waals surface area contributed by atoms with Crippen molar-refractivity contribution < 1.29 is 9.05 Å². The Morgan fingerprint density at radius 1 is 1.25 bits per heavy atom. The highest BCUT2D eigenvalue weighted by molar-refractivity contribution is 7.92. The van der Waals surface area contributed by atoms with Gasteiger partial charge in [-0.2, -0.15) is 0 Å². The number of hydrogen-bond donors (Lipinski definition) is 0. The van der Waals surface area contributed by atoms with Crippen molar-refractivity contribution in [2.45, 2.75) is 27.7 Å². The predicted molar refractivity (Wildman–Crippen MR) is 55.4 cm³/mol. The third-order valence-electron chi connectivity index (χ3n) is 1.10. The van der Waals surface area contributed by atoms with Crippen LogP contribution in [0, 0.1) is 0 Å². The molecule has 0 bridgehead atoms. The van der Waals surface area contributed by atoms with Gasteiger partial charge in [-0.15, -0.1) is 0 Å². The van der Waals surface area contributed by atoms with Gasteiger partial charge >= 0.3 is 7.57 Å². The van der Waals surface area contributed by atoms with Crippen LogP contribution < -0.4 is 0 Å². The molecule has 2 radical (unpaired) electrons. The minimum atomic E-state index is -2.19. The Morgan fingerprint density at radius 2 is 1.67 bits per heavy atom. The summed E-state index contributed by atoms with van der Waals surface area (Å²) in [7, 11) is 3.72. The zero-order chi connectivity index (χ0) is 9.61. The molecule has 0 aromatic rings. The van der Waals surface area contributed by atoms with E-state index in [-0.39, 0.29) is 0 Å². The fourth-order valence-electron chi connectivity index (χ4n) is 0.875. The van der Waals surface area contributed by atoms with Crippen molar-refractivity contribution in [2.75, 3.05) is 13.2 Å². The highest BCUT2D eigenvalue weighted by atomic mass is 31.2. The summed E-state index contributed by atoms with van der Waals surface area (Å²) in [6.07, 6.45) is 0. The van der Waals surface area contributed by atoms with Crippen LogP contribution in [0.3, 0.4) is 0 Å². The monoisotopic (exact) mass is 187 g/mol. The van der Waals surface area contributed by atoms with Crippen LogP contribution in [-0.4, -0.2) is 20.8 Å². The molecule has 4 heteroatoms. The molecule has 0 N–H and O–H groups in total. The quantitative estimate of drug-likeness (QED) is 0.486. The van der Waals surface area contributed by atoms with Crippen molar-refractivity contribution in [1.29, 1.82) is 0 Å². The van der Waals surface area contributed by atoms with E-state index in [0.717, 1.165) is 5.57 Å². The van der Waals surface area contributed by atoms with Gasteiger partial charge in [0.05, 0.1) is 19.0 Å². The lowest BCUT2D eigenvalue weighted by atomic mass is 10.4. The molecule has 0 atom stereocenters. The van der Waals surface area contributed by atoms with E-state index < -0.39 is 7.59 Å². The maximum absolute atomic E-state index is 5.91. The summed E-state index contributed by atoms with van der Waals surface area (Å²) in [6, 6.07) is 0. The lowest BCUT2D eigenvalue weighted by molar-refractivity contribution is 0.269. The lowest BCUT2D eigenvalue weighted by Crippen LogP contribution is -2.00. The molecule has 0 amide bonds. The smallest absolute Gasteiger partial charge is 0.222 e. The maximum atomic E-state index is 5.91. The molecular formula is C8H17BO2P+. The number of allylic oxidation sites excluding steroid dienone is 1. The molecule has 12 heavy (non-hydrogen) atoms. The van der Waals surface area contributed by atoms with Crippen molar-refractivity contribution in [1.82, 2.24) is 0 Å². The maximum Gasteiger partial charge on any atom is 0.450 e. The van der Waals surface area contributed by atoms with E-state index in [0.29, 0.717) is 13.2 Å². The van der Waals surface area contributed by atoms with Gasteiger partial charge < -0.3 is 0 Å². The fourth-order valence-corrected chi connectivity index (χ4v) is 2.63. The molecule has 0 saturated carbocycles. The largest absolute Gasteiger partial charge is 0.450 e. The van der Waals surface area contributed by atoms with E-state index in [2.05, 4.69) is 0 Å². The zero-order valence-corrected chi connectivity index (χ0v) is 9.23. The Bertz CT molecular complexity index is 149. The van der Waals surface area contributed by atoms with E-state index in [1.54, 1.807) is 0 Å². The first-order valence-electron chi connectivity index (χ1n) is 4.16. The van der Waals surface area contributed by atoms with Crippen molar-refractivity contribution in [3.05, 3.63) is 11.4 Å². The standard InChI is InChI=1S/C8H17BO2P/c1-5-10-12(9,11-6-2)7-8(3)4/h7H,5-6H2,1-4H3/q+1. The van der Waals surface area contributed by atoms with Crippen molar-refractivity contribution in [3.8, 4) is 0 Å². The van der Waals surface area contributed by atoms with Gasteiger partial charge in [-0.25, -0.2) is 9.05 Å². The van der Waals surface area contributed by atoms with Crippen LogP contribution in [0.25, 0.3) is 0 Å². The van der Waals surface area contributed by atoms with Gasteiger partial charge in [0.15, 0.2) is 0 Å². The second kappa shape index (κ2) is 5.74. The normalized spacial score (nSPS) is 11.3. The van der Waals surface area contributed by atoms with Crippen LogP contribution in [0.2, 0.25) is 0 Å². The van der Waals surface area contributed by atoms with Crippen molar-refractivity contribution in [2.24, 2.45) is 0 Å². The third-order valence-corrected chi connectivity index (χ3v) is 3.30. The molecule has 68 valence electrons. The predicted octanol–water partition coefficient (Wildman–Crippen LogP) is 2.91. The topological polar surface area (TPSA) is 18.5 Å². The molecule has 0 aliphatic rings. The Balaban J connectivity index is 4.27. The molecule has 0 heterocycles. The lowest BCUT2D eigenvalue weighted by Gasteiger charge is -2.15. The van der Waals surface area contributed by atoms with Crippen LogP contribution >= 0.6 is 7.59 Å². The van der Waals surface area contributed by atoms with Gasteiger partial charge in [0.25, 0.3) is 0 Å². The third kappa shape index (κ3) is 4.92. The van der Waals surface area contributed by atoms with Gasteiger partial charge in [-0.1, -0.05) is 0 Å². The number of hydrogen-bond acceptors (Lipinski definition) is 2. The van der Waals surface area contributed by atoms with Crippen LogP contribution in [0.5, 0.6) is 0 Å². The van der Waals surface area contributed by atoms with Crippen LogP contribution in [0.1, 0.15) is 27.7 Å². The van der Waals surface area contributed by atoms with E-state index >= 15 is 0 Å². The van der Waals surface area contributed by atoms with Crippen LogP contribution in [-0.2, 0) is 9.05 Å². The highest BCUT2D eigenvalue weighted by Crippen LogP contribution is 2.58.